The molecule has 3 atom stereocenters. The average molecular weight is 565 g/mol. The molecular weight excluding hydrogens is 524 g/mol. The summed E-state index contributed by atoms with van der Waals surface area (Å²) < 4.78 is 24.3. The first-order chi connectivity index (χ1) is 20.6. The van der Waals surface area contributed by atoms with Crippen LogP contribution in [0.1, 0.15) is 60.8 Å². The molecule has 218 valence electrons. The van der Waals surface area contributed by atoms with E-state index in [1.54, 1.807) is 7.11 Å². The van der Waals surface area contributed by atoms with Gasteiger partial charge in [-0.2, -0.15) is 0 Å². The van der Waals surface area contributed by atoms with Gasteiger partial charge in [0, 0.05) is 42.9 Å². The van der Waals surface area contributed by atoms with Crippen LogP contribution in [0.3, 0.4) is 0 Å². The van der Waals surface area contributed by atoms with Gasteiger partial charge in [-0.15, -0.1) is 0 Å². The fourth-order valence-electron chi connectivity index (χ4n) is 6.49. The zero-order chi connectivity index (χ0) is 28.9. The first-order valence-electron chi connectivity index (χ1n) is 15.1. The zero-order valence-electron chi connectivity index (χ0n) is 24.6. The van der Waals surface area contributed by atoms with E-state index < -0.39 is 5.60 Å². The highest BCUT2D eigenvalue weighted by atomic mass is 16.5. The van der Waals surface area contributed by atoms with Crippen LogP contribution in [0.5, 0.6) is 17.2 Å². The molecule has 0 aliphatic carbocycles. The van der Waals surface area contributed by atoms with Gasteiger partial charge in [0.15, 0.2) is 5.60 Å². The summed E-state index contributed by atoms with van der Waals surface area (Å²) in [6.45, 7) is 4.65. The van der Waals surface area contributed by atoms with Gasteiger partial charge in [0.05, 0.1) is 13.7 Å². The quantitative estimate of drug-likeness (QED) is 0.210. The van der Waals surface area contributed by atoms with E-state index in [0.717, 1.165) is 60.0 Å². The largest absolute Gasteiger partial charge is 0.497 e. The molecule has 1 saturated heterocycles. The smallest absolute Gasteiger partial charge is 0.178 e. The van der Waals surface area contributed by atoms with Crippen LogP contribution < -0.4 is 14.2 Å². The van der Waals surface area contributed by atoms with Crippen molar-refractivity contribution in [2.45, 2.75) is 44.1 Å². The molecule has 1 fully saturated rings. The Balaban J connectivity index is 1.45. The molecule has 6 rings (SSSR count). The lowest BCUT2D eigenvalue weighted by molar-refractivity contribution is 0.140. The Labute approximate surface area is 248 Å². The van der Waals surface area contributed by atoms with Gasteiger partial charge >= 0.3 is 0 Å². The summed E-state index contributed by atoms with van der Waals surface area (Å²) in [7, 11) is 1.68. The first kappa shape index (κ1) is 28.3. The van der Waals surface area contributed by atoms with E-state index >= 15 is 0 Å². The van der Waals surface area contributed by atoms with Crippen molar-refractivity contribution in [3.63, 3.8) is 0 Å². The second kappa shape index (κ2) is 12.6. The molecule has 0 bridgehead atoms. The Morgan fingerprint density at radius 1 is 0.905 bits per heavy atom. The summed E-state index contributed by atoms with van der Waals surface area (Å²) in [4.78, 5) is 0. The van der Waals surface area contributed by atoms with Gasteiger partial charge < -0.3 is 24.1 Å². The summed E-state index contributed by atoms with van der Waals surface area (Å²) in [6.07, 6.45) is 8.37. The molecule has 1 N–H and O–H groups in total. The predicted molar refractivity (Wildman–Crippen MR) is 168 cm³/mol. The van der Waals surface area contributed by atoms with Gasteiger partial charge in [0.1, 0.15) is 17.2 Å². The lowest BCUT2D eigenvalue weighted by atomic mass is 9.79. The number of benzene rings is 4. The van der Waals surface area contributed by atoms with E-state index in [1.165, 1.54) is 22.8 Å². The van der Waals surface area contributed by atoms with Crippen molar-refractivity contribution in [3.8, 4) is 17.2 Å². The molecule has 2 aliphatic heterocycles. The van der Waals surface area contributed by atoms with Crippen molar-refractivity contribution in [1.82, 2.24) is 0 Å². The normalized spacial score (nSPS) is 20.8. The second-order valence-corrected chi connectivity index (χ2v) is 11.4. The monoisotopic (exact) mass is 564 g/mol. The highest BCUT2D eigenvalue weighted by Gasteiger charge is 2.38. The van der Waals surface area contributed by atoms with Crippen LogP contribution >= 0.6 is 0 Å². The van der Waals surface area contributed by atoms with Crippen LogP contribution in [-0.2, 0) is 10.3 Å². The van der Waals surface area contributed by atoms with E-state index in [2.05, 4.69) is 73.7 Å². The molecule has 4 aromatic rings. The van der Waals surface area contributed by atoms with Gasteiger partial charge in [0.2, 0.25) is 0 Å². The number of fused-ring (bicyclic) bond motifs is 3. The second-order valence-electron chi connectivity index (χ2n) is 11.4. The number of hydrogen-bond donors (Lipinski definition) is 1. The van der Waals surface area contributed by atoms with Crippen LogP contribution in [0.25, 0.3) is 16.8 Å². The van der Waals surface area contributed by atoms with Crippen molar-refractivity contribution in [2.24, 2.45) is 5.92 Å². The third kappa shape index (κ3) is 5.51. The predicted octanol–water partition coefficient (Wildman–Crippen LogP) is 7.88. The van der Waals surface area contributed by atoms with Gasteiger partial charge in [-0.1, -0.05) is 55.5 Å². The molecule has 0 aromatic heterocycles. The minimum Gasteiger partial charge on any atom is -0.497 e. The highest BCUT2D eigenvalue weighted by molar-refractivity contribution is 5.96. The molecule has 4 aromatic carbocycles. The van der Waals surface area contributed by atoms with Crippen molar-refractivity contribution >= 4 is 16.8 Å². The molecule has 0 radical (unpaired) electrons. The number of ether oxygens (including phenoxy) is 4. The van der Waals surface area contributed by atoms with E-state index in [9.17, 15) is 0 Å². The number of methoxy groups -OCH3 is 1. The summed E-state index contributed by atoms with van der Waals surface area (Å²) in [5.74, 6) is 3.41. The molecule has 42 heavy (non-hydrogen) atoms. The highest BCUT2D eigenvalue weighted by Crippen LogP contribution is 2.47. The van der Waals surface area contributed by atoms with Crippen molar-refractivity contribution < 1.29 is 24.1 Å². The topological polar surface area (TPSA) is 57.2 Å². The molecule has 0 amide bonds. The SMILES string of the molecule is COc1ccc(C2(c3ccc(OCCCO)cc3)C=Cc3c(cc(C(C)C4CCCOCC4)c4ccccc34)O2)cc1. The van der Waals surface area contributed by atoms with Gasteiger partial charge in [-0.3, -0.25) is 0 Å². The first-order valence-corrected chi connectivity index (χ1v) is 15.1. The Morgan fingerprint density at radius 2 is 1.62 bits per heavy atom. The molecule has 0 spiro atoms. The summed E-state index contributed by atoms with van der Waals surface area (Å²) in [5.41, 5.74) is 3.64. The molecule has 2 aliphatic rings. The number of hydrogen-bond acceptors (Lipinski definition) is 5. The molecule has 3 unspecified atom stereocenters. The van der Waals surface area contributed by atoms with Crippen molar-refractivity contribution in [2.75, 3.05) is 33.5 Å². The Bertz CT molecular complexity index is 1520. The van der Waals surface area contributed by atoms with Crippen LogP contribution in [0.4, 0.5) is 0 Å². The van der Waals surface area contributed by atoms with Crippen LogP contribution in [0, 0.1) is 5.92 Å². The molecule has 5 nitrogen and oxygen atoms in total. The van der Waals surface area contributed by atoms with E-state index in [1.807, 2.05) is 24.3 Å². The fraction of sp³-hybridized carbons (Fsp3) is 0.351. The van der Waals surface area contributed by atoms with Crippen molar-refractivity contribution in [1.29, 1.82) is 0 Å². The van der Waals surface area contributed by atoms with Crippen molar-refractivity contribution in [3.05, 3.63) is 107 Å². The maximum absolute atomic E-state index is 9.12. The maximum atomic E-state index is 9.12. The maximum Gasteiger partial charge on any atom is 0.178 e. The number of aliphatic hydroxyl groups is 1. The lowest BCUT2D eigenvalue weighted by Gasteiger charge is -2.37. The van der Waals surface area contributed by atoms with Gasteiger partial charge in [0.25, 0.3) is 0 Å². The van der Waals surface area contributed by atoms with Gasteiger partial charge in [-0.05, 0) is 89.9 Å². The van der Waals surface area contributed by atoms with Crippen LogP contribution in [0.2, 0.25) is 0 Å². The Morgan fingerprint density at radius 3 is 2.33 bits per heavy atom. The fourth-order valence-corrected chi connectivity index (χ4v) is 6.49. The van der Waals surface area contributed by atoms with E-state index in [4.69, 9.17) is 24.1 Å². The Hall–Kier alpha value is -3.80. The van der Waals surface area contributed by atoms with E-state index in [-0.39, 0.29) is 6.61 Å². The Kier molecular flexibility index (Phi) is 8.50. The van der Waals surface area contributed by atoms with Crippen LogP contribution in [0.15, 0.2) is 84.9 Å². The molecule has 2 heterocycles. The summed E-state index contributed by atoms with van der Waals surface area (Å²) in [5, 5.41) is 11.6. The van der Waals surface area contributed by atoms with Gasteiger partial charge in [-0.25, -0.2) is 0 Å². The third-order valence-electron chi connectivity index (χ3n) is 8.90. The average Bonchev–Trinajstić information content (AvgIpc) is 3.34. The van der Waals surface area contributed by atoms with E-state index in [0.29, 0.717) is 24.9 Å². The van der Waals surface area contributed by atoms with Crippen LogP contribution in [-0.4, -0.2) is 38.6 Å². The minimum absolute atomic E-state index is 0.112. The zero-order valence-corrected chi connectivity index (χ0v) is 24.6. The molecular formula is C37H40O5. The minimum atomic E-state index is -0.831. The summed E-state index contributed by atoms with van der Waals surface area (Å²) >= 11 is 0. The third-order valence-corrected chi connectivity index (χ3v) is 8.90. The summed E-state index contributed by atoms with van der Waals surface area (Å²) in [6, 6.07) is 27.2. The number of rotatable bonds is 9. The lowest BCUT2D eigenvalue weighted by Crippen LogP contribution is -2.34. The standard InChI is InChI=1S/C37H40O5/c1-26(27-7-5-22-40-24-19-27)35-25-36-34(32-8-3-4-9-33(32)35)18-20-37(42-36,28-10-14-30(39-2)15-11-28)29-12-16-31(17-13-29)41-23-6-21-38/h3-4,8-18,20,25-27,38H,5-7,19,21-24H2,1-2H3. The molecule has 5 heteroatoms. The number of aliphatic hydroxyl groups excluding tert-OH is 1. The molecule has 0 saturated carbocycles.